The van der Waals surface area contributed by atoms with Crippen LogP contribution in [0.3, 0.4) is 0 Å². The van der Waals surface area contributed by atoms with E-state index >= 15 is 0 Å². The van der Waals surface area contributed by atoms with Crippen LogP contribution in [0.15, 0.2) is 5.38 Å². The lowest BCUT2D eigenvalue weighted by Gasteiger charge is -2.33. The molecule has 0 amide bonds. The average Bonchev–Trinajstić information content (AvgIpc) is 3.14. The van der Waals surface area contributed by atoms with Crippen LogP contribution in [0.5, 0.6) is 0 Å². The van der Waals surface area contributed by atoms with Crippen molar-refractivity contribution in [3.63, 3.8) is 0 Å². The van der Waals surface area contributed by atoms with E-state index in [1.165, 1.54) is 17.3 Å². The number of terminal acetylenes is 1. The molecule has 0 fully saturated rings. The van der Waals surface area contributed by atoms with Gasteiger partial charge in [-0.2, -0.15) is 0 Å². The van der Waals surface area contributed by atoms with E-state index in [2.05, 4.69) is 17.8 Å². The maximum atomic E-state index is 12.3. The highest BCUT2D eigenvalue weighted by Gasteiger charge is 2.28. The predicted octanol–water partition coefficient (Wildman–Crippen LogP) is 4.37. The third-order valence-electron chi connectivity index (χ3n) is 4.28. The summed E-state index contributed by atoms with van der Waals surface area (Å²) in [4.78, 5) is 27.4. The van der Waals surface area contributed by atoms with Crippen molar-refractivity contribution < 1.29 is 19.8 Å². The standard InChI is InChI=1S/C20H30N2O4S2/c1-5-7-9-11-22(28-18(24)10-8-6-2)16(14(3)4)12-17(23)19-21-15(13-27-19)20(25)26/h1,13-14,16-17,23H,6-12H2,2-4H3,(H,25,26). The number of hydrogen-bond donors (Lipinski definition) is 2. The van der Waals surface area contributed by atoms with E-state index in [9.17, 15) is 14.7 Å². The lowest BCUT2D eigenvalue weighted by atomic mass is 9.97. The summed E-state index contributed by atoms with van der Waals surface area (Å²) < 4.78 is 2.04. The van der Waals surface area contributed by atoms with Crippen molar-refractivity contribution in [3.05, 3.63) is 16.1 Å². The molecule has 0 saturated heterocycles. The molecule has 0 aliphatic rings. The molecule has 1 heterocycles. The fraction of sp³-hybridized carbons (Fsp3) is 0.650. The number of nitrogens with zero attached hydrogens (tertiary/aromatic N) is 2. The lowest BCUT2D eigenvalue weighted by molar-refractivity contribution is -0.111. The first-order valence-corrected chi connectivity index (χ1v) is 11.2. The van der Waals surface area contributed by atoms with Crippen molar-refractivity contribution in [1.29, 1.82) is 0 Å². The predicted molar refractivity (Wildman–Crippen MR) is 114 cm³/mol. The molecule has 0 bridgehead atoms. The van der Waals surface area contributed by atoms with Crippen LogP contribution in [0.4, 0.5) is 0 Å². The molecule has 0 aliphatic carbocycles. The van der Waals surface area contributed by atoms with E-state index in [4.69, 9.17) is 11.5 Å². The van der Waals surface area contributed by atoms with Gasteiger partial charge in [-0.3, -0.25) is 4.79 Å². The fourth-order valence-corrected chi connectivity index (χ4v) is 4.68. The first kappa shape index (κ1) is 24.6. The van der Waals surface area contributed by atoms with Crippen LogP contribution in [0, 0.1) is 18.3 Å². The minimum atomic E-state index is -1.11. The minimum Gasteiger partial charge on any atom is -0.476 e. The highest BCUT2D eigenvalue weighted by molar-refractivity contribution is 8.11. The summed E-state index contributed by atoms with van der Waals surface area (Å²) in [5.41, 5.74) is -0.0601. The number of hydrogen-bond acceptors (Lipinski definition) is 7. The Morgan fingerprint density at radius 3 is 2.64 bits per heavy atom. The van der Waals surface area contributed by atoms with Crippen molar-refractivity contribution in [2.75, 3.05) is 6.54 Å². The molecule has 0 radical (unpaired) electrons. The Morgan fingerprint density at radius 1 is 1.39 bits per heavy atom. The van der Waals surface area contributed by atoms with Gasteiger partial charge in [0.15, 0.2) is 5.69 Å². The number of carboxylic acids is 1. The third kappa shape index (κ3) is 8.31. The van der Waals surface area contributed by atoms with Crippen LogP contribution in [-0.4, -0.2) is 43.2 Å². The molecule has 1 aromatic rings. The Bertz CT molecular complexity index is 669. The SMILES string of the molecule is C#CCCCN(SC(=O)CCCC)C(CC(O)c1nc(C(=O)O)cs1)C(C)C. The fourth-order valence-electron chi connectivity index (χ4n) is 2.70. The van der Waals surface area contributed by atoms with Crippen molar-refractivity contribution in [2.45, 2.75) is 71.4 Å². The number of carbonyl (C=O) groups is 2. The molecule has 2 N–H and O–H groups in total. The molecule has 1 rings (SSSR count). The minimum absolute atomic E-state index is 0.0601. The summed E-state index contributed by atoms with van der Waals surface area (Å²) in [6.45, 7) is 6.80. The van der Waals surface area contributed by atoms with Gasteiger partial charge in [0.25, 0.3) is 0 Å². The van der Waals surface area contributed by atoms with Crippen molar-refractivity contribution >= 4 is 34.4 Å². The van der Waals surface area contributed by atoms with E-state index in [0.29, 0.717) is 30.8 Å². The summed E-state index contributed by atoms with van der Waals surface area (Å²) in [7, 11) is 0. The number of aliphatic hydroxyl groups excluding tert-OH is 1. The van der Waals surface area contributed by atoms with Gasteiger partial charge in [-0.05, 0) is 37.1 Å². The number of carboxylic acid groups (broad SMARTS) is 1. The van der Waals surface area contributed by atoms with E-state index in [0.717, 1.165) is 30.6 Å². The van der Waals surface area contributed by atoms with E-state index < -0.39 is 12.1 Å². The van der Waals surface area contributed by atoms with Crippen molar-refractivity contribution in [1.82, 2.24) is 9.29 Å². The van der Waals surface area contributed by atoms with Gasteiger partial charge in [0.05, 0.1) is 0 Å². The van der Waals surface area contributed by atoms with Crippen molar-refractivity contribution in [2.24, 2.45) is 5.92 Å². The largest absolute Gasteiger partial charge is 0.476 e. The van der Waals surface area contributed by atoms with Gasteiger partial charge < -0.3 is 10.2 Å². The van der Waals surface area contributed by atoms with Crippen LogP contribution in [0.2, 0.25) is 0 Å². The molecule has 2 atom stereocenters. The Hall–Kier alpha value is -1.40. The Morgan fingerprint density at radius 2 is 2.11 bits per heavy atom. The summed E-state index contributed by atoms with van der Waals surface area (Å²) >= 11 is 2.36. The molecular weight excluding hydrogens is 396 g/mol. The highest BCUT2D eigenvalue weighted by atomic mass is 32.2. The van der Waals surface area contributed by atoms with Crippen LogP contribution in [-0.2, 0) is 4.79 Å². The molecule has 0 spiro atoms. The zero-order chi connectivity index (χ0) is 21.1. The Kier molecular flexibility index (Phi) is 11.4. The molecule has 0 saturated carbocycles. The van der Waals surface area contributed by atoms with Crippen LogP contribution in [0.25, 0.3) is 0 Å². The van der Waals surface area contributed by atoms with Gasteiger partial charge in [-0.1, -0.05) is 27.2 Å². The maximum absolute atomic E-state index is 12.3. The molecule has 0 aromatic carbocycles. The molecule has 8 heteroatoms. The van der Waals surface area contributed by atoms with E-state index in [1.807, 2.05) is 18.2 Å². The summed E-state index contributed by atoms with van der Waals surface area (Å²) in [5, 5.41) is 21.6. The van der Waals surface area contributed by atoms with Crippen molar-refractivity contribution in [3.8, 4) is 12.3 Å². The van der Waals surface area contributed by atoms with Gasteiger partial charge in [0.1, 0.15) is 11.1 Å². The maximum Gasteiger partial charge on any atom is 0.355 e. The zero-order valence-corrected chi connectivity index (χ0v) is 18.4. The van der Waals surface area contributed by atoms with E-state index in [-0.39, 0.29) is 22.8 Å². The topological polar surface area (TPSA) is 90.7 Å². The normalized spacial score (nSPS) is 13.5. The Balaban J connectivity index is 2.90. The molecule has 0 aliphatic heterocycles. The smallest absolute Gasteiger partial charge is 0.355 e. The number of aromatic carboxylic acids is 1. The average molecular weight is 427 g/mol. The summed E-state index contributed by atoms with van der Waals surface area (Å²) in [6, 6.07) is -0.0690. The highest BCUT2D eigenvalue weighted by Crippen LogP contribution is 2.31. The number of carbonyl (C=O) groups excluding carboxylic acids is 1. The monoisotopic (exact) mass is 426 g/mol. The Labute approximate surface area is 175 Å². The number of thiazole rings is 1. The van der Waals surface area contributed by atoms with Crippen LogP contribution < -0.4 is 0 Å². The molecule has 1 aromatic heterocycles. The third-order valence-corrected chi connectivity index (χ3v) is 6.33. The second kappa shape index (κ2) is 12.9. The zero-order valence-electron chi connectivity index (χ0n) is 16.8. The second-order valence-corrected chi connectivity index (χ2v) is 8.95. The van der Waals surface area contributed by atoms with Gasteiger partial charge in [-0.15, -0.1) is 23.7 Å². The number of unbranched alkanes of at least 4 members (excludes halogenated alkanes) is 2. The summed E-state index contributed by atoms with van der Waals surface area (Å²) in [6.07, 6.45) is 8.59. The first-order valence-electron chi connectivity index (χ1n) is 9.57. The van der Waals surface area contributed by atoms with Gasteiger partial charge in [-0.25, -0.2) is 14.1 Å². The summed E-state index contributed by atoms with van der Waals surface area (Å²) in [5.74, 6) is 1.70. The lowest BCUT2D eigenvalue weighted by Crippen LogP contribution is -2.37. The molecular formula is C20H30N2O4S2. The van der Waals surface area contributed by atoms with Gasteiger partial charge in [0.2, 0.25) is 5.12 Å². The van der Waals surface area contributed by atoms with E-state index in [1.54, 1.807) is 0 Å². The van der Waals surface area contributed by atoms with Crippen LogP contribution in [0.1, 0.15) is 80.9 Å². The number of aliphatic hydroxyl groups is 1. The van der Waals surface area contributed by atoms with Gasteiger partial charge in [0, 0.05) is 30.8 Å². The van der Waals surface area contributed by atoms with Gasteiger partial charge >= 0.3 is 5.97 Å². The quantitative estimate of drug-likeness (QED) is 0.275. The molecule has 6 nitrogen and oxygen atoms in total. The first-order chi connectivity index (χ1) is 13.3. The molecule has 156 valence electrons. The molecule has 28 heavy (non-hydrogen) atoms. The van der Waals surface area contributed by atoms with Crippen LogP contribution >= 0.6 is 23.3 Å². The number of rotatable bonds is 13. The molecule has 2 unspecified atom stereocenters. The second-order valence-electron chi connectivity index (χ2n) is 6.95. The number of aromatic nitrogens is 1.